The summed E-state index contributed by atoms with van der Waals surface area (Å²) < 4.78 is 0. The molecule has 0 aliphatic carbocycles. The Kier molecular flexibility index (Phi) is 10.0. The molecule has 0 fully saturated rings. The Labute approximate surface area is 184 Å². The molecular formula is C25H32O2S2. The van der Waals surface area contributed by atoms with Crippen molar-refractivity contribution in [2.45, 2.75) is 70.3 Å². The predicted molar refractivity (Wildman–Crippen MR) is 128 cm³/mol. The van der Waals surface area contributed by atoms with Crippen molar-refractivity contribution in [2.24, 2.45) is 0 Å². The summed E-state index contributed by atoms with van der Waals surface area (Å²) in [6.07, 6.45) is 5.12. The molecule has 0 bridgehead atoms. The van der Waals surface area contributed by atoms with Gasteiger partial charge in [0, 0.05) is 21.6 Å². The van der Waals surface area contributed by atoms with Crippen LogP contribution in [0.15, 0.2) is 48.5 Å². The second-order valence-corrected chi connectivity index (χ2v) is 10.4. The Morgan fingerprint density at radius 2 is 1.03 bits per heavy atom. The first-order chi connectivity index (χ1) is 13.9. The Bertz CT molecular complexity index is 714. The molecule has 0 radical (unpaired) electrons. The lowest BCUT2D eigenvalue weighted by Crippen LogP contribution is -2.11. The van der Waals surface area contributed by atoms with Gasteiger partial charge in [0.1, 0.15) is 0 Å². The van der Waals surface area contributed by atoms with Gasteiger partial charge in [0.25, 0.3) is 0 Å². The average molecular weight is 429 g/mol. The number of hydrogen-bond acceptors (Lipinski definition) is 4. The standard InChI is InChI=1S/C25H32O2S2/c1-5-7-20-9-13-22(14-10-20)24(26)28-18(3)17-19(4)29-25(27)23-15-11-21(8-6-2)12-16-23/h9-16,18-19H,5-8,17H2,1-4H3. The van der Waals surface area contributed by atoms with E-state index in [2.05, 4.69) is 27.7 Å². The molecule has 29 heavy (non-hydrogen) atoms. The molecule has 2 aromatic rings. The minimum atomic E-state index is 0.107. The lowest BCUT2D eigenvalue weighted by Gasteiger charge is -2.15. The molecule has 0 saturated heterocycles. The molecular weight excluding hydrogens is 396 g/mol. The normalized spacial score (nSPS) is 13.1. The Morgan fingerprint density at radius 3 is 1.34 bits per heavy atom. The highest BCUT2D eigenvalue weighted by molar-refractivity contribution is 8.15. The summed E-state index contributed by atoms with van der Waals surface area (Å²) in [7, 11) is 0. The zero-order valence-corrected chi connectivity index (χ0v) is 19.6. The molecule has 4 heteroatoms. The minimum absolute atomic E-state index is 0.107. The molecule has 0 aliphatic rings. The summed E-state index contributed by atoms with van der Waals surface area (Å²) in [5.74, 6) is 0. The van der Waals surface area contributed by atoms with Crippen LogP contribution in [-0.2, 0) is 12.8 Å². The van der Waals surface area contributed by atoms with E-state index in [9.17, 15) is 9.59 Å². The zero-order valence-electron chi connectivity index (χ0n) is 17.9. The van der Waals surface area contributed by atoms with Gasteiger partial charge in [0.2, 0.25) is 10.2 Å². The number of carbonyl (C=O) groups excluding carboxylic acids is 2. The van der Waals surface area contributed by atoms with Gasteiger partial charge in [0.05, 0.1) is 0 Å². The van der Waals surface area contributed by atoms with Gasteiger partial charge in [0.15, 0.2) is 0 Å². The van der Waals surface area contributed by atoms with Crippen molar-refractivity contribution in [3.8, 4) is 0 Å². The van der Waals surface area contributed by atoms with E-state index >= 15 is 0 Å². The van der Waals surface area contributed by atoms with Crippen LogP contribution >= 0.6 is 23.5 Å². The Balaban J connectivity index is 1.82. The van der Waals surface area contributed by atoms with E-state index in [1.165, 1.54) is 34.7 Å². The topological polar surface area (TPSA) is 34.1 Å². The number of carbonyl (C=O) groups is 2. The molecule has 0 saturated carbocycles. The van der Waals surface area contributed by atoms with Crippen LogP contribution in [0, 0.1) is 0 Å². The number of rotatable bonds is 10. The maximum absolute atomic E-state index is 12.5. The van der Waals surface area contributed by atoms with Crippen LogP contribution in [0.4, 0.5) is 0 Å². The molecule has 0 aliphatic heterocycles. The van der Waals surface area contributed by atoms with Gasteiger partial charge in [-0.3, -0.25) is 9.59 Å². The molecule has 2 atom stereocenters. The second kappa shape index (κ2) is 12.2. The van der Waals surface area contributed by atoms with Gasteiger partial charge in [-0.25, -0.2) is 0 Å². The maximum atomic E-state index is 12.5. The Hall–Kier alpha value is -1.52. The van der Waals surface area contributed by atoms with E-state index in [-0.39, 0.29) is 20.7 Å². The smallest absolute Gasteiger partial charge is 0.219 e. The first kappa shape index (κ1) is 23.8. The third-order valence-electron chi connectivity index (χ3n) is 4.74. The van der Waals surface area contributed by atoms with Crippen LogP contribution in [0.25, 0.3) is 0 Å². The summed E-state index contributed by atoms with van der Waals surface area (Å²) >= 11 is 2.73. The molecule has 2 aromatic carbocycles. The molecule has 0 aromatic heterocycles. The molecule has 0 spiro atoms. The van der Waals surface area contributed by atoms with Gasteiger partial charge < -0.3 is 0 Å². The van der Waals surface area contributed by atoms with Gasteiger partial charge in [-0.2, -0.15) is 0 Å². The summed E-state index contributed by atoms with van der Waals surface area (Å²) in [6.45, 7) is 8.44. The molecule has 0 heterocycles. The minimum Gasteiger partial charge on any atom is -0.282 e. The lowest BCUT2D eigenvalue weighted by atomic mass is 10.1. The van der Waals surface area contributed by atoms with Crippen molar-refractivity contribution >= 4 is 33.8 Å². The van der Waals surface area contributed by atoms with Crippen molar-refractivity contribution < 1.29 is 9.59 Å². The number of aryl methyl sites for hydroxylation is 2. The van der Waals surface area contributed by atoms with Crippen molar-refractivity contribution in [1.29, 1.82) is 0 Å². The average Bonchev–Trinajstić information content (AvgIpc) is 2.69. The van der Waals surface area contributed by atoms with E-state index in [0.29, 0.717) is 0 Å². The fourth-order valence-electron chi connectivity index (χ4n) is 3.26. The SMILES string of the molecule is CCCc1ccc(C(=O)SC(C)CC(C)SC(=O)c2ccc(CCC)cc2)cc1. The summed E-state index contributed by atoms with van der Waals surface area (Å²) in [4.78, 5) is 25.0. The van der Waals surface area contributed by atoms with Gasteiger partial charge >= 0.3 is 0 Å². The summed E-state index contributed by atoms with van der Waals surface area (Å²) in [5.41, 5.74) is 4.05. The lowest BCUT2D eigenvalue weighted by molar-refractivity contribution is 0.108. The van der Waals surface area contributed by atoms with Gasteiger partial charge in [-0.1, -0.05) is 113 Å². The molecule has 156 valence electrons. The fraction of sp³-hybridized carbons (Fsp3) is 0.440. The molecule has 0 N–H and O–H groups in total. The van der Waals surface area contributed by atoms with Crippen LogP contribution in [-0.4, -0.2) is 20.7 Å². The quantitative estimate of drug-likeness (QED) is 0.400. The number of thioether (sulfide) groups is 2. The Morgan fingerprint density at radius 1 is 0.690 bits per heavy atom. The van der Waals surface area contributed by atoms with Crippen molar-refractivity contribution in [2.75, 3.05) is 0 Å². The number of hydrogen-bond donors (Lipinski definition) is 0. The van der Waals surface area contributed by atoms with E-state index < -0.39 is 0 Å². The number of benzene rings is 2. The highest BCUT2D eigenvalue weighted by Crippen LogP contribution is 2.28. The van der Waals surface area contributed by atoms with Crippen LogP contribution in [0.1, 0.15) is 78.8 Å². The monoisotopic (exact) mass is 428 g/mol. The van der Waals surface area contributed by atoms with Crippen LogP contribution in [0.5, 0.6) is 0 Å². The highest BCUT2D eigenvalue weighted by atomic mass is 32.2. The summed E-state index contributed by atoms with van der Waals surface area (Å²) in [5, 5.41) is 0.547. The van der Waals surface area contributed by atoms with Crippen molar-refractivity contribution in [3.05, 3.63) is 70.8 Å². The molecule has 2 unspecified atom stereocenters. The molecule has 2 rings (SSSR count). The van der Waals surface area contributed by atoms with E-state index in [4.69, 9.17) is 0 Å². The largest absolute Gasteiger partial charge is 0.282 e. The maximum Gasteiger partial charge on any atom is 0.219 e. The van der Waals surface area contributed by atoms with E-state index in [0.717, 1.165) is 43.2 Å². The molecule has 2 nitrogen and oxygen atoms in total. The van der Waals surface area contributed by atoms with Crippen molar-refractivity contribution in [1.82, 2.24) is 0 Å². The first-order valence-corrected chi connectivity index (χ1v) is 12.3. The summed E-state index contributed by atoms with van der Waals surface area (Å²) in [6, 6.07) is 15.9. The zero-order chi connectivity index (χ0) is 21.2. The van der Waals surface area contributed by atoms with Crippen LogP contribution < -0.4 is 0 Å². The molecule has 0 amide bonds. The van der Waals surface area contributed by atoms with Gasteiger partial charge in [-0.15, -0.1) is 0 Å². The third-order valence-corrected chi connectivity index (χ3v) is 6.83. The van der Waals surface area contributed by atoms with Crippen LogP contribution in [0.3, 0.4) is 0 Å². The first-order valence-electron chi connectivity index (χ1n) is 10.5. The van der Waals surface area contributed by atoms with E-state index in [1.807, 2.05) is 48.5 Å². The van der Waals surface area contributed by atoms with Gasteiger partial charge in [-0.05, 0) is 30.4 Å². The highest BCUT2D eigenvalue weighted by Gasteiger charge is 2.18. The van der Waals surface area contributed by atoms with Crippen molar-refractivity contribution in [3.63, 3.8) is 0 Å². The van der Waals surface area contributed by atoms with E-state index in [1.54, 1.807) is 0 Å². The second-order valence-electron chi connectivity index (χ2n) is 7.56. The predicted octanol–water partition coefficient (Wildman–Crippen LogP) is 7.21. The fourth-order valence-corrected chi connectivity index (χ4v) is 5.42. The third kappa shape index (κ3) is 8.02. The van der Waals surface area contributed by atoms with Crippen LogP contribution in [0.2, 0.25) is 0 Å².